The Morgan fingerprint density at radius 3 is 2.36 bits per heavy atom. The van der Waals surface area contributed by atoms with Crippen LogP contribution >= 0.6 is 11.3 Å². The van der Waals surface area contributed by atoms with E-state index in [4.69, 9.17) is 15.2 Å². The Morgan fingerprint density at radius 1 is 0.889 bits per heavy atom. The summed E-state index contributed by atoms with van der Waals surface area (Å²) in [6, 6.07) is 22.2. The highest BCUT2D eigenvalue weighted by atomic mass is 32.1. The Bertz CT molecular complexity index is 2630. The number of hydrogen-bond donors (Lipinski definition) is 5. The van der Waals surface area contributed by atoms with E-state index in [1.807, 2.05) is 93.6 Å². The number of aryl methyl sites for hydroxylation is 1. The molecule has 384 valence electrons. The van der Waals surface area contributed by atoms with Gasteiger partial charge in [0.1, 0.15) is 35.9 Å². The van der Waals surface area contributed by atoms with E-state index in [0.29, 0.717) is 75.4 Å². The van der Waals surface area contributed by atoms with Gasteiger partial charge in [-0.05, 0) is 73.1 Å². The largest absolute Gasteiger partial charge is 0.507 e. The monoisotopic (exact) mass is 1000 g/mol. The highest BCUT2D eigenvalue weighted by molar-refractivity contribution is 7.13. The zero-order valence-corrected chi connectivity index (χ0v) is 42.8. The number of ether oxygens (including phenoxy) is 2. The SMILES string of the molecule is Cc1ncsc1-c1ccc(C(C)NC(=O)[C@@H]2C[C@@H](O)CN2C(=O)C(NC(=O)CCCCCC(=O)N2CCN(CCOc3cccc(CCOc4cc(-c5ccccc5O)nnc4N)c3)CC2)C(C)(C)C)cc1. The van der Waals surface area contributed by atoms with E-state index >= 15 is 0 Å². The number of thiazole rings is 1. The van der Waals surface area contributed by atoms with Crippen molar-refractivity contribution in [2.75, 3.05) is 58.2 Å². The van der Waals surface area contributed by atoms with Crippen LogP contribution in [0, 0.1) is 12.3 Å². The smallest absolute Gasteiger partial charge is 0.246 e. The number of anilines is 1. The average molecular weight is 1000 g/mol. The molecule has 2 unspecified atom stereocenters. The van der Waals surface area contributed by atoms with E-state index in [9.17, 15) is 29.4 Å². The molecule has 0 aliphatic carbocycles. The molecular weight excluding hydrogens is 935 g/mol. The van der Waals surface area contributed by atoms with Crippen molar-refractivity contribution in [3.8, 4) is 38.9 Å². The number of unbranched alkanes of at least 4 members (excludes halogenated alkanes) is 2. The molecular formula is C54H69N9O8S. The second-order valence-corrected chi connectivity index (χ2v) is 20.6. The number of nitrogens with two attached hydrogens (primary N) is 1. The van der Waals surface area contributed by atoms with Crippen LogP contribution in [-0.4, -0.2) is 134 Å². The van der Waals surface area contributed by atoms with E-state index in [2.05, 4.69) is 30.7 Å². The van der Waals surface area contributed by atoms with Crippen molar-refractivity contribution >= 4 is 40.8 Å². The number of aliphatic hydroxyl groups is 1. The van der Waals surface area contributed by atoms with Crippen LogP contribution in [0.3, 0.4) is 0 Å². The van der Waals surface area contributed by atoms with Crippen molar-refractivity contribution < 1.29 is 38.9 Å². The summed E-state index contributed by atoms with van der Waals surface area (Å²) < 4.78 is 12.1. The Kier molecular flexibility index (Phi) is 18.2. The number of likely N-dealkylation sites (tertiary alicyclic amines) is 1. The van der Waals surface area contributed by atoms with Crippen molar-refractivity contribution in [1.29, 1.82) is 0 Å². The topological polar surface area (TPSA) is 226 Å². The number of para-hydroxylation sites is 1. The van der Waals surface area contributed by atoms with E-state index < -0.39 is 29.5 Å². The average Bonchev–Trinajstić information content (AvgIpc) is 3.98. The van der Waals surface area contributed by atoms with Crippen LogP contribution in [0.2, 0.25) is 0 Å². The lowest BCUT2D eigenvalue weighted by atomic mass is 9.85. The molecule has 2 fully saturated rings. The summed E-state index contributed by atoms with van der Waals surface area (Å²) >= 11 is 1.58. The number of phenols is 1. The maximum atomic E-state index is 14.1. The molecule has 4 atom stereocenters. The molecule has 4 amide bonds. The first-order valence-corrected chi connectivity index (χ1v) is 25.8. The van der Waals surface area contributed by atoms with Crippen molar-refractivity contribution in [1.82, 2.24) is 40.5 Å². The third-order valence-electron chi connectivity index (χ3n) is 13.3. The first-order valence-electron chi connectivity index (χ1n) is 24.9. The minimum absolute atomic E-state index is 0.00165. The summed E-state index contributed by atoms with van der Waals surface area (Å²) in [6.45, 7) is 13.8. The second kappa shape index (κ2) is 24.7. The number of nitrogens with zero attached hydrogens (tertiary/aromatic N) is 6. The van der Waals surface area contributed by atoms with Crippen molar-refractivity contribution in [3.63, 3.8) is 0 Å². The Labute approximate surface area is 426 Å². The van der Waals surface area contributed by atoms with Gasteiger partial charge in [-0.15, -0.1) is 21.5 Å². The van der Waals surface area contributed by atoms with Crippen LogP contribution in [0.25, 0.3) is 21.7 Å². The van der Waals surface area contributed by atoms with Crippen molar-refractivity contribution in [3.05, 3.63) is 101 Å². The number of carbonyl (C=O) groups is 4. The van der Waals surface area contributed by atoms with Gasteiger partial charge < -0.3 is 45.9 Å². The van der Waals surface area contributed by atoms with Gasteiger partial charge in [-0.1, -0.05) is 75.7 Å². The van der Waals surface area contributed by atoms with Crippen LogP contribution in [0.5, 0.6) is 17.2 Å². The number of nitrogen functional groups attached to an aromatic ring is 1. The molecule has 0 spiro atoms. The third-order valence-corrected chi connectivity index (χ3v) is 14.2. The van der Waals surface area contributed by atoms with Gasteiger partial charge >= 0.3 is 0 Å². The molecule has 2 aliphatic heterocycles. The van der Waals surface area contributed by atoms with E-state index in [0.717, 1.165) is 52.6 Å². The number of amides is 4. The van der Waals surface area contributed by atoms with Gasteiger partial charge in [-0.3, -0.25) is 24.1 Å². The highest BCUT2D eigenvalue weighted by Crippen LogP contribution is 2.32. The number of β-amino-alcohol motifs (C(OH)–C–C–N with tert-alkyl or cyclic N) is 1. The fourth-order valence-electron chi connectivity index (χ4n) is 9.05. The normalized spacial score (nSPS) is 17.0. The third kappa shape index (κ3) is 14.3. The molecule has 5 aromatic rings. The number of carbonyl (C=O) groups excluding carboxylic acids is 4. The van der Waals surface area contributed by atoms with E-state index in [-0.39, 0.29) is 54.7 Å². The van der Waals surface area contributed by atoms with Crippen LogP contribution in [-0.2, 0) is 25.6 Å². The first-order chi connectivity index (χ1) is 34.5. The maximum absolute atomic E-state index is 14.1. The summed E-state index contributed by atoms with van der Waals surface area (Å²) in [5.74, 6) is 0.491. The number of aromatic hydroxyl groups is 1. The molecule has 2 saturated heterocycles. The predicted octanol–water partition coefficient (Wildman–Crippen LogP) is 6.33. The molecule has 0 saturated carbocycles. The van der Waals surface area contributed by atoms with Crippen LogP contribution < -0.4 is 25.8 Å². The fourth-order valence-corrected chi connectivity index (χ4v) is 9.86. The first kappa shape index (κ1) is 53.2. The number of phenolic OH excluding ortho intramolecular Hbond substituents is 1. The number of nitrogens with one attached hydrogen (secondary N) is 2. The number of rotatable bonds is 21. The second-order valence-electron chi connectivity index (χ2n) is 19.8. The lowest BCUT2D eigenvalue weighted by Gasteiger charge is -2.35. The quantitative estimate of drug-likeness (QED) is 0.0508. The fraction of sp³-hybridized carbons (Fsp3) is 0.463. The van der Waals surface area contributed by atoms with Gasteiger partial charge in [0.15, 0.2) is 11.6 Å². The van der Waals surface area contributed by atoms with Crippen LogP contribution in [0.15, 0.2) is 84.4 Å². The van der Waals surface area contributed by atoms with Gasteiger partial charge in [0.25, 0.3) is 0 Å². The van der Waals surface area contributed by atoms with Crippen molar-refractivity contribution in [2.45, 2.75) is 104 Å². The molecule has 18 heteroatoms. The van der Waals surface area contributed by atoms with E-state index in [1.54, 1.807) is 41.7 Å². The predicted molar refractivity (Wildman–Crippen MR) is 277 cm³/mol. The molecule has 2 aromatic heterocycles. The zero-order chi connectivity index (χ0) is 51.4. The van der Waals surface area contributed by atoms with Crippen molar-refractivity contribution in [2.24, 2.45) is 5.41 Å². The summed E-state index contributed by atoms with van der Waals surface area (Å²) in [5, 5.41) is 35.0. The molecule has 4 heterocycles. The lowest BCUT2D eigenvalue weighted by Crippen LogP contribution is -2.57. The minimum Gasteiger partial charge on any atom is -0.507 e. The number of aromatic nitrogens is 3. The molecule has 0 radical (unpaired) electrons. The maximum Gasteiger partial charge on any atom is 0.246 e. The van der Waals surface area contributed by atoms with Gasteiger partial charge in [0, 0.05) is 76.6 Å². The molecule has 0 bridgehead atoms. The Morgan fingerprint density at radius 2 is 1.64 bits per heavy atom. The van der Waals surface area contributed by atoms with E-state index in [1.165, 1.54) is 4.90 Å². The molecule has 17 nitrogen and oxygen atoms in total. The number of benzene rings is 3. The van der Waals surface area contributed by atoms with Crippen LogP contribution in [0.4, 0.5) is 5.82 Å². The summed E-state index contributed by atoms with van der Waals surface area (Å²) in [6.07, 6.45) is 2.34. The minimum atomic E-state index is -0.910. The zero-order valence-electron chi connectivity index (χ0n) is 42.0. The molecule has 2 aliphatic rings. The van der Waals surface area contributed by atoms with Gasteiger partial charge in [-0.2, -0.15) is 0 Å². The number of piperazine rings is 1. The Balaban J connectivity index is 0.773. The number of aliphatic hydroxyl groups excluding tert-OH is 1. The summed E-state index contributed by atoms with van der Waals surface area (Å²) in [4.78, 5) is 65.3. The summed E-state index contributed by atoms with van der Waals surface area (Å²) in [5.41, 5.74) is 12.1. The molecule has 7 rings (SSSR count). The Hall–Kier alpha value is -6.63. The standard InChI is InChI=1S/C54H69N9O8S/c1-35(38-18-20-39(21-19-38)49-36(2)56-34-72-49)57-52(68)44-31-40(64)33-63(44)53(69)50(54(3,4)5)58-47(66)16-7-6-8-17-48(67)62-25-23-61(24-26-62)27-29-70-41-13-11-12-37(30-41)22-28-71-46-32-43(59-60-51(46)55)42-14-9-10-15-45(42)65/h9-15,18-21,30,32,34-35,40,44,50,64-65H,6-8,16-17,22-29,31,33H2,1-5H3,(H2,55,60)(H,57,68)(H,58,66)/t35?,40-,44+,50?/m1/s1. The highest BCUT2D eigenvalue weighted by Gasteiger charge is 2.44. The van der Waals surface area contributed by atoms with Gasteiger partial charge in [0.05, 0.1) is 34.8 Å². The van der Waals surface area contributed by atoms with Gasteiger partial charge in [0.2, 0.25) is 23.6 Å². The lowest BCUT2D eigenvalue weighted by molar-refractivity contribution is -0.144. The van der Waals surface area contributed by atoms with Gasteiger partial charge in [-0.25, -0.2) is 4.98 Å². The molecule has 72 heavy (non-hydrogen) atoms. The van der Waals surface area contributed by atoms with Crippen LogP contribution in [0.1, 0.15) is 89.1 Å². The molecule has 3 aromatic carbocycles. The number of hydrogen-bond acceptors (Lipinski definition) is 14. The summed E-state index contributed by atoms with van der Waals surface area (Å²) in [7, 11) is 0. The molecule has 6 N–H and O–H groups in total.